The number of rotatable bonds is 6. The standard InChI is InChI=1S/C17H23N3O2/c1-5-12-7-8-13-15(10-12)20(6-2)16(18-13)14(9-11(3)4)19-17(21)22/h5,7-8,10-11,14,19H,1,6,9H2,2-4H3,(H,21,22). The van der Waals surface area contributed by atoms with Crippen LogP contribution in [0.4, 0.5) is 4.79 Å². The van der Waals surface area contributed by atoms with Crippen LogP contribution in [0.1, 0.15) is 44.6 Å². The Kier molecular flexibility index (Phi) is 4.85. The fourth-order valence-corrected chi connectivity index (χ4v) is 2.73. The highest BCUT2D eigenvalue weighted by molar-refractivity contribution is 5.79. The van der Waals surface area contributed by atoms with Gasteiger partial charge in [-0.2, -0.15) is 0 Å². The number of benzene rings is 1. The van der Waals surface area contributed by atoms with Gasteiger partial charge < -0.3 is 15.0 Å². The second kappa shape index (κ2) is 6.64. The van der Waals surface area contributed by atoms with E-state index in [0.29, 0.717) is 12.3 Å². The van der Waals surface area contributed by atoms with E-state index < -0.39 is 6.09 Å². The monoisotopic (exact) mass is 301 g/mol. The number of hydrogen-bond acceptors (Lipinski definition) is 2. The lowest BCUT2D eigenvalue weighted by Crippen LogP contribution is -2.30. The number of carboxylic acid groups (broad SMARTS) is 1. The number of hydrogen-bond donors (Lipinski definition) is 2. The molecule has 2 N–H and O–H groups in total. The first-order valence-electron chi connectivity index (χ1n) is 7.58. The maximum Gasteiger partial charge on any atom is 0.405 e. The SMILES string of the molecule is C=Cc1ccc2nc(C(CC(C)C)NC(=O)O)n(CC)c2c1. The minimum absolute atomic E-state index is 0.308. The molecule has 1 unspecified atom stereocenters. The fourth-order valence-electron chi connectivity index (χ4n) is 2.73. The van der Waals surface area contributed by atoms with Crippen molar-refractivity contribution in [2.75, 3.05) is 0 Å². The molecule has 1 atom stereocenters. The Hall–Kier alpha value is -2.30. The lowest BCUT2D eigenvalue weighted by molar-refractivity contribution is 0.187. The highest BCUT2D eigenvalue weighted by Crippen LogP contribution is 2.26. The number of nitrogens with zero attached hydrogens (tertiary/aromatic N) is 2. The third kappa shape index (κ3) is 3.30. The van der Waals surface area contributed by atoms with Crippen molar-refractivity contribution in [3.05, 3.63) is 36.2 Å². The van der Waals surface area contributed by atoms with Crippen LogP contribution in [0.2, 0.25) is 0 Å². The van der Waals surface area contributed by atoms with Crippen LogP contribution in [0.25, 0.3) is 17.1 Å². The van der Waals surface area contributed by atoms with Gasteiger partial charge in [0, 0.05) is 6.54 Å². The van der Waals surface area contributed by atoms with E-state index in [1.54, 1.807) is 6.08 Å². The largest absolute Gasteiger partial charge is 0.465 e. The predicted molar refractivity (Wildman–Crippen MR) is 88.9 cm³/mol. The van der Waals surface area contributed by atoms with Crippen molar-refractivity contribution in [2.24, 2.45) is 5.92 Å². The van der Waals surface area contributed by atoms with E-state index in [0.717, 1.165) is 29.0 Å². The fraction of sp³-hybridized carbons (Fsp3) is 0.412. The molecule has 1 aromatic carbocycles. The van der Waals surface area contributed by atoms with E-state index in [4.69, 9.17) is 5.11 Å². The number of amides is 1. The smallest absolute Gasteiger partial charge is 0.405 e. The normalized spacial score (nSPS) is 12.5. The molecule has 2 aromatic rings. The summed E-state index contributed by atoms with van der Waals surface area (Å²) < 4.78 is 2.07. The van der Waals surface area contributed by atoms with E-state index in [1.165, 1.54) is 0 Å². The molecular formula is C17H23N3O2. The van der Waals surface area contributed by atoms with Gasteiger partial charge in [-0.05, 0) is 37.0 Å². The van der Waals surface area contributed by atoms with Gasteiger partial charge in [0.15, 0.2) is 0 Å². The maximum atomic E-state index is 11.1. The number of fused-ring (bicyclic) bond motifs is 1. The number of nitrogens with one attached hydrogen (secondary N) is 1. The second-order valence-electron chi connectivity index (χ2n) is 5.80. The molecule has 1 aromatic heterocycles. The summed E-state index contributed by atoms with van der Waals surface area (Å²) in [7, 11) is 0. The molecule has 118 valence electrons. The first-order valence-corrected chi connectivity index (χ1v) is 7.58. The lowest BCUT2D eigenvalue weighted by atomic mass is 10.0. The van der Waals surface area contributed by atoms with Crippen LogP contribution < -0.4 is 5.32 Å². The molecule has 0 aliphatic heterocycles. The van der Waals surface area contributed by atoms with Crippen LogP contribution in [-0.2, 0) is 6.54 Å². The summed E-state index contributed by atoms with van der Waals surface area (Å²) in [6.45, 7) is 10.7. The van der Waals surface area contributed by atoms with Crippen LogP contribution >= 0.6 is 0 Å². The minimum atomic E-state index is -1.02. The molecule has 1 amide bonds. The van der Waals surface area contributed by atoms with Crippen molar-refractivity contribution in [3.8, 4) is 0 Å². The average molecular weight is 301 g/mol. The van der Waals surface area contributed by atoms with Gasteiger partial charge in [-0.1, -0.05) is 32.6 Å². The highest BCUT2D eigenvalue weighted by atomic mass is 16.4. The molecule has 0 aliphatic rings. The number of carbonyl (C=O) groups is 1. The summed E-state index contributed by atoms with van der Waals surface area (Å²) >= 11 is 0. The van der Waals surface area contributed by atoms with Crippen LogP contribution in [0, 0.1) is 5.92 Å². The third-order valence-electron chi connectivity index (χ3n) is 3.67. The van der Waals surface area contributed by atoms with Gasteiger partial charge in [0.25, 0.3) is 0 Å². The predicted octanol–water partition coefficient (Wildman–Crippen LogP) is 4.05. The van der Waals surface area contributed by atoms with Crippen molar-refractivity contribution in [3.63, 3.8) is 0 Å². The molecule has 0 spiro atoms. The second-order valence-corrected chi connectivity index (χ2v) is 5.80. The Labute approximate surface area is 130 Å². The zero-order chi connectivity index (χ0) is 16.3. The maximum absolute atomic E-state index is 11.1. The van der Waals surface area contributed by atoms with Gasteiger partial charge in [-0.25, -0.2) is 9.78 Å². The molecule has 2 rings (SSSR count). The molecule has 1 heterocycles. The van der Waals surface area contributed by atoms with Gasteiger partial charge in [0.05, 0.1) is 17.1 Å². The van der Waals surface area contributed by atoms with Gasteiger partial charge in [-0.3, -0.25) is 0 Å². The summed E-state index contributed by atoms with van der Waals surface area (Å²) in [5.74, 6) is 1.14. The van der Waals surface area contributed by atoms with Crippen LogP contribution in [0.15, 0.2) is 24.8 Å². The Morgan fingerprint density at radius 1 is 1.50 bits per heavy atom. The Balaban J connectivity index is 2.55. The average Bonchev–Trinajstić information content (AvgIpc) is 2.82. The molecule has 5 heteroatoms. The summed E-state index contributed by atoms with van der Waals surface area (Å²) in [5, 5.41) is 11.7. The zero-order valence-corrected chi connectivity index (χ0v) is 13.3. The van der Waals surface area contributed by atoms with Crippen molar-refractivity contribution < 1.29 is 9.90 Å². The van der Waals surface area contributed by atoms with Crippen molar-refractivity contribution in [2.45, 2.75) is 39.8 Å². The molecule has 0 radical (unpaired) electrons. The van der Waals surface area contributed by atoms with E-state index in [2.05, 4.69) is 35.3 Å². The third-order valence-corrected chi connectivity index (χ3v) is 3.67. The summed E-state index contributed by atoms with van der Waals surface area (Å²) in [6.07, 6.45) is 1.49. The van der Waals surface area contributed by atoms with Crippen molar-refractivity contribution >= 4 is 23.2 Å². The van der Waals surface area contributed by atoms with E-state index >= 15 is 0 Å². The van der Waals surface area contributed by atoms with Crippen molar-refractivity contribution in [1.29, 1.82) is 0 Å². The number of aromatic nitrogens is 2. The summed E-state index contributed by atoms with van der Waals surface area (Å²) in [5.41, 5.74) is 2.92. The van der Waals surface area contributed by atoms with Gasteiger partial charge >= 0.3 is 6.09 Å². The lowest BCUT2D eigenvalue weighted by Gasteiger charge is -2.19. The topological polar surface area (TPSA) is 67.2 Å². The summed E-state index contributed by atoms with van der Waals surface area (Å²) in [4.78, 5) is 15.8. The highest BCUT2D eigenvalue weighted by Gasteiger charge is 2.22. The molecule has 22 heavy (non-hydrogen) atoms. The van der Waals surface area contributed by atoms with E-state index in [1.807, 2.05) is 25.1 Å². The first-order chi connectivity index (χ1) is 10.5. The first kappa shape index (κ1) is 16.1. The molecule has 5 nitrogen and oxygen atoms in total. The zero-order valence-electron chi connectivity index (χ0n) is 13.3. The van der Waals surface area contributed by atoms with Crippen LogP contribution in [0.3, 0.4) is 0 Å². The minimum Gasteiger partial charge on any atom is -0.465 e. The van der Waals surface area contributed by atoms with Crippen molar-refractivity contribution in [1.82, 2.24) is 14.9 Å². The van der Waals surface area contributed by atoms with Gasteiger partial charge in [0.2, 0.25) is 0 Å². The quantitative estimate of drug-likeness (QED) is 0.845. The molecule has 0 bridgehead atoms. The van der Waals surface area contributed by atoms with Gasteiger partial charge in [-0.15, -0.1) is 0 Å². The Morgan fingerprint density at radius 3 is 2.77 bits per heavy atom. The summed E-state index contributed by atoms with van der Waals surface area (Å²) in [6, 6.07) is 5.65. The molecular weight excluding hydrogens is 278 g/mol. The van der Waals surface area contributed by atoms with E-state index in [-0.39, 0.29) is 6.04 Å². The van der Waals surface area contributed by atoms with Gasteiger partial charge in [0.1, 0.15) is 5.82 Å². The number of aryl methyl sites for hydroxylation is 1. The molecule has 0 fully saturated rings. The van der Waals surface area contributed by atoms with Crippen LogP contribution in [-0.4, -0.2) is 20.8 Å². The molecule has 0 saturated heterocycles. The Morgan fingerprint density at radius 2 is 2.23 bits per heavy atom. The molecule has 0 saturated carbocycles. The van der Waals surface area contributed by atoms with Crippen LogP contribution in [0.5, 0.6) is 0 Å². The molecule has 0 aliphatic carbocycles. The Bertz CT molecular complexity index is 689. The number of imidazole rings is 1. The van der Waals surface area contributed by atoms with E-state index in [9.17, 15) is 4.79 Å².